The maximum absolute atomic E-state index is 12.3. The van der Waals surface area contributed by atoms with E-state index in [9.17, 15) is 14.4 Å². The van der Waals surface area contributed by atoms with Crippen LogP contribution in [0.5, 0.6) is 11.5 Å². The summed E-state index contributed by atoms with van der Waals surface area (Å²) in [5.74, 6) is -0.596. The molecule has 0 bridgehead atoms. The van der Waals surface area contributed by atoms with Gasteiger partial charge in [-0.05, 0) is 29.3 Å². The fourth-order valence-corrected chi connectivity index (χ4v) is 2.50. The highest BCUT2D eigenvalue weighted by atomic mass is 16.5. The third-order valence-electron chi connectivity index (χ3n) is 3.91. The number of benzene rings is 2. The lowest BCUT2D eigenvalue weighted by molar-refractivity contribution is -0.145. The maximum atomic E-state index is 12.3. The quantitative estimate of drug-likeness (QED) is 0.483. The van der Waals surface area contributed by atoms with Gasteiger partial charge in [-0.3, -0.25) is 9.59 Å². The van der Waals surface area contributed by atoms with Gasteiger partial charge >= 0.3 is 5.97 Å². The fourth-order valence-electron chi connectivity index (χ4n) is 2.50. The highest BCUT2D eigenvalue weighted by Crippen LogP contribution is 2.27. The lowest BCUT2D eigenvalue weighted by Gasteiger charge is -2.11. The minimum atomic E-state index is -0.810. The highest BCUT2D eigenvalue weighted by molar-refractivity contribution is 5.98. The van der Waals surface area contributed by atoms with Crippen molar-refractivity contribution in [1.82, 2.24) is 10.6 Å². The Morgan fingerprint density at radius 3 is 2.30 bits per heavy atom. The number of hydrogen-bond acceptors (Lipinski definition) is 6. The molecule has 0 heterocycles. The standard InChI is InChI=1S/C22H24N2O6/c1-15(25)24-18(11-16-7-5-4-6-8-16)22(27)30-14-21(26)23-13-17-9-10-19(28-2)20(12-17)29-3/h4-12H,13-14H2,1-3H3,(H,23,26)(H,24,25)/b18-11-. The van der Waals surface area contributed by atoms with Gasteiger partial charge in [0.05, 0.1) is 14.2 Å². The number of carbonyl (C=O) groups is 3. The summed E-state index contributed by atoms with van der Waals surface area (Å²) >= 11 is 0. The smallest absolute Gasteiger partial charge is 0.355 e. The fraction of sp³-hybridized carbons (Fsp3) is 0.227. The summed E-state index contributed by atoms with van der Waals surface area (Å²) in [6, 6.07) is 14.2. The van der Waals surface area contributed by atoms with Gasteiger partial charge in [-0.25, -0.2) is 4.79 Å². The molecule has 0 unspecified atom stereocenters. The third-order valence-corrected chi connectivity index (χ3v) is 3.91. The Kier molecular flexibility index (Phi) is 8.43. The molecule has 0 saturated heterocycles. The molecule has 30 heavy (non-hydrogen) atoms. The zero-order valence-corrected chi connectivity index (χ0v) is 17.1. The molecule has 0 aliphatic rings. The number of ether oxygens (including phenoxy) is 3. The summed E-state index contributed by atoms with van der Waals surface area (Å²) in [5.41, 5.74) is 1.44. The van der Waals surface area contributed by atoms with Gasteiger partial charge in [-0.1, -0.05) is 36.4 Å². The molecule has 8 heteroatoms. The first-order valence-corrected chi connectivity index (χ1v) is 9.12. The molecule has 2 aromatic carbocycles. The van der Waals surface area contributed by atoms with Crippen LogP contribution in [0.3, 0.4) is 0 Å². The van der Waals surface area contributed by atoms with E-state index in [0.717, 1.165) is 5.56 Å². The van der Waals surface area contributed by atoms with Crippen molar-refractivity contribution in [3.63, 3.8) is 0 Å². The third kappa shape index (κ3) is 6.97. The van der Waals surface area contributed by atoms with E-state index >= 15 is 0 Å². The van der Waals surface area contributed by atoms with Crippen LogP contribution >= 0.6 is 0 Å². The second-order valence-corrected chi connectivity index (χ2v) is 6.19. The second-order valence-electron chi connectivity index (χ2n) is 6.19. The lowest BCUT2D eigenvalue weighted by Crippen LogP contribution is -2.31. The molecule has 2 rings (SSSR count). The number of methoxy groups -OCH3 is 2. The molecule has 0 fully saturated rings. The number of hydrogen-bond donors (Lipinski definition) is 2. The van der Waals surface area contributed by atoms with Gasteiger partial charge in [0, 0.05) is 13.5 Å². The highest BCUT2D eigenvalue weighted by Gasteiger charge is 2.15. The van der Waals surface area contributed by atoms with Crippen LogP contribution in [0.2, 0.25) is 0 Å². The Labute approximate surface area is 174 Å². The van der Waals surface area contributed by atoms with E-state index in [1.165, 1.54) is 27.2 Å². The molecule has 8 nitrogen and oxygen atoms in total. The average Bonchev–Trinajstić information content (AvgIpc) is 2.75. The molecule has 2 amide bonds. The molecular formula is C22H24N2O6. The summed E-state index contributed by atoms with van der Waals surface area (Å²) < 4.78 is 15.4. The zero-order valence-electron chi connectivity index (χ0n) is 17.1. The van der Waals surface area contributed by atoms with E-state index in [1.807, 2.05) is 6.07 Å². The van der Waals surface area contributed by atoms with Gasteiger partial charge in [0.2, 0.25) is 5.91 Å². The Hall–Kier alpha value is -3.81. The molecular weight excluding hydrogens is 388 g/mol. The Morgan fingerprint density at radius 1 is 0.967 bits per heavy atom. The number of rotatable bonds is 9. The van der Waals surface area contributed by atoms with E-state index in [1.54, 1.807) is 42.5 Å². The second kappa shape index (κ2) is 11.3. The Balaban J connectivity index is 1.92. The summed E-state index contributed by atoms with van der Waals surface area (Å²) in [6.45, 7) is 1.01. The average molecular weight is 412 g/mol. The van der Waals surface area contributed by atoms with Crippen molar-refractivity contribution < 1.29 is 28.6 Å². The van der Waals surface area contributed by atoms with Gasteiger partial charge in [0.15, 0.2) is 18.1 Å². The number of esters is 1. The Morgan fingerprint density at radius 2 is 1.67 bits per heavy atom. The molecule has 0 spiro atoms. The molecule has 0 saturated carbocycles. The lowest BCUT2D eigenvalue weighted by atomic mass is 10.2. The molecule has 0 aromatic heterocycles. The monoisotopic (exact) mass is 412 g/mol. The predicted molar refractivity (Wildman–Crippen MR) is 111 cm³/mol. The van der Waals surface area contributed by atoms with Crippen molar-refractivity contribution in [3.8, 4) is 11.5 Å². The van der Waals surface area contributed by atoms with Crippen molar-refractivity contribution in [2.45, 2.75) is 13.5 Å². The first-order valence-electron chi connectivity index (χ1n) is 9.12. The minimum Gasteiger partial charge on any atom is -0.493 e. The van der Waals surface area contributed by atoms with Gasteiger partial charge in [-0.15, -0.1) is 0 Å². The van der Waals surface area contributed by atoms with E-state index in [2.05, 4.69) is 10.6 Å². The van der Waals surface area contributed by atoms with Gasteiger partial charge in [-0.2, -0.15) is 0 Å². The first kappa shape index (κ1) is 22.5. The summed E-state index contributed by atoms with van der Waals surface area (Å²) in [7, 11) is 3.06. The number of nitrogens with one attached hydrogen (secondary N) is 2. The molecule has 0 aliphatic carbocycles. The predicted octanol–water partition coefficient (Wildman–Crippen LogP) is 2.04. The SMILES string of the molecule is COc1ccc(CNC(=O)COC(=O)/C(=C/c2ccccc2)NC(C)=O)cc1OC. The summed E-state index contributed by atoms with van der Waals surface area (Å²) in [4.78, 5) is 35.7. The van der Waals surface area contributed by atoms with Gasteiger partial charge in [0.1, 0.15) is 5.70 Å². The maximum Gasteiger partial charge on any atom is 0.355 e. The molecule has 0 atom stereocenters. The van der Waals surface area contributed by atoms with E-state index in [-0.39, 0.29) is 12.2 Å². The zero-order chi connectivity index (χ0) is 21.9. The van der Waals surface area contributed by atoms with Crippen molar-refractivity contribution in [3.05, 3.63) is 65.4 Å². The van der Waals surface area contributed by atoms with Crippen LogP contribution in [-0.2, 0) is 25.7 Å². The largest absolute Gasteiger partial charge is 0.493 e. The normalized spacial score (nSPS) is 10.7. The summed E-state index contributed by atoms with van der Waals surface area (Å²) in [6.07, 6.45) is 1.48. The molecule has 158 valence electrons. The minimum absolute atomic E-state index is 0.0543. The van der Waals surface area contributed by atoms with Crippen LogP contribution in [0.15, 0.2) is 54.2 Å². The van der Waals surface area contributed by atoms with Crippen LogP contribution in [0.25, 0.3) is 6.08 Å². The van der Waals surface area contributed by atoms with Crippen molar-refractivity contribution in [1.29, 1.82) is 0 Å². The molecule has 2 N–H and O–H groups in total. The topological polar surface area (TPSA) is 103 Å². The van der Waals surface area contributed by atoms with Crippen LogP contribution in [-0.4, -0.2) is 38.6 Å². The van der Waals surface area contributed by atoms with Gasteiger partial charge < -0.3 is 24.8 Å². The molecule has 0 radical (unpaired) electrons. The van der Waals surface area contributed by atoms with Crippen LogP contribution < -0.4 is 20.1 Å². The van der Waals surface area contributed by atoms with Crippen LogP contribution in [0, 0.1) is 0 Å². The number of amides is 2. The van der Waals surface area contributed by atoms with Crippen LogP contribution in [0.4, 0.5) is 0 Å². The Bertz CT molecular complexity index is 924. The van der Waals surface area contributed by atoms with E-state index < -0.39 is 24.4 Å². The van der Waals surface area contributed by atoms with Crippen LogP contribution in [0.1, 0.15) is 18.1 Å². The summed E-state index contributed by atoms with van der Waals surface area (Å²) in [5, 5.41) is 5.08. The van der Waals surface area contributed by atoms with E-state index in [4.69, 9.17) is 14.2 Å². The van der Waals surface area contributed by atoms with E-state index in [0.29, 0.717) is 17.1 Å². The molecule has 0 aliphatic heterocycles. The number of carbonyl (C=O) groups excluding carboxylic acids is 3. The van der Waals surface area contributed by atoms with Crippen molar-refractivity contribution in [2.75, 3.05) is 20.8 Å². The van der Waals surface area contributed by atoms with Crippen molar-refractivity contribution >= 4 is 23.9 Å². The van der Waals surface area contributed by atoms with Gasteiger partial charge in [0.25, 0.3) is 5.91 Å². The molecule has 2 aromatic rings. The van der Waals surface area contributed by atoms with Crippen molar-refractivity contribution in [2.24, 2.45) is 0 Å². The first-order chi connectivity index (χ1) is 14.4.